The van der Waals surface area contributed by atoms with Crippen LogP contribution in [0.4, 0.5) is 5.69 Å². The van der Waals surface area contributed by atoms with Crippen molar-refractivity contribution < 1.29 is 13.2 Å². The monoisotopic (exact) mass is 504 g/mol. The average Bonchev–Trinajstić information content (AvgIpc) is 2.85. The van der Waals surface area contributed by atoms with Crippen molar-refractivity contribution in [1.82, 2.24) is 5.32 Å². The summed E-state index contributed by atoms with van der Waals surface area (Å²) in [5, 5.41) is 3.10. The van der Waals surface area contributed by atoms with E-state index in [-0.39, 0.29) is 15.5 Å². The zero-order valence-corrected chi connectivity index (χ0v) is 20.9. The first-order valence-corrected chi connectivity index (χ1v) is 12.9. The van der Waals surface area contributed by atoms with E-state index in [4.69, 9.17) is 11.6 Å². The van der Waals surface area contributed by atoms with E-state index in [1.165, 1.54) is 18.2 Å². The van der Waals surface area contributed by atoms with Gasteiger partial charge < -0.3 is 5.32 Å². The number of sulfonamides is 1. The van der Waals surface area contributed by atoms with Gasteiger partial charge in [-0.1, -0.05) is 84.4 Å². The van der Waals surface area contributed by atoms with Gasteiger partial charge in [0.2, 0.25) is 0 Å². The Kier molecular flexibility index (Phi) is 7.24. The Balaban J connectivity index is 1.67. The summed E-state index contributed by atoms with van der Waals surface area (Å²) in [5.74, 6) is -0.411. The number of halogens is 1. The standard InChI is InChI=1S/C28H25ClN2O3S/c1-19-10-6-8-14-23(19)27(21-12-4-3-5-13-21)30-28(32)22-16-17-24(29)26(18-22)35(33,34)31-25-15-9-7-11-20(25)2/h3-18,27,31H,1-2H3,(H,30,32)/t27-/m1/s1. The molecule has 0 aromatic heterocycles. The zero-order chi connectivity index (χ0) is 25.0. The largest absolute Gasteiger partial charge is 0.341 e. The lowest BCUT2D eigenvalue weighted by molar-refractivity contribution is 0.0942. The summed E-state index contributed by atoms with van der Waals surface area (Å²) >= 11 is 6.26. The van der Waals surface area contributed by atoms with E-state index in [0.29, 0.717) is 5.69 Å². The first-order chi connectivity index (χ1) is 16.8. The molecule has 1 amide bonds. The fraction of sp³-hybridized carbons (Fsp3) is 0.107. The number of carbonyl (C=O) groups excluding carboxylic acids is 1. The molecule has 2 N–H and O–H groups in total. The van der Waals surface area contributed by atoms with Gasteiger partial charge in [0.1, 0.15) is 4.90 Å². The molecule has 5 nitrogen and oxygen atoms in total. The Labute approximate surface area is 210 Å². The summed E-state index contributed by atoms with van der Waals surface area (Å²) in [6.07, 6.45) is 0. The summed E-state index contributed by atoms with van der Waals surface area (Å²) in [6, 6.07) is 28.3. The van der Waals surface area contributed by atoms with Gasteiger partial charge in [-0.05, 0) is 60.4 Å². The van der Waals surface area contributed by atoms with Crippen LogP contribution in [0.1, 0.15) is 38.7 Å². The van der Waals surface area contributed by atoms with E-state index in [2.05, 4.69) is 10.0 Å². The van der Waals surface area contributed by atoms with Crippen LogP contribution in [0.25, 0.3) is 0 Å². The topological polar surface area (TPSA) is 75.3 Å². The summed E-state index contributed by atoms with van der Waals surface area (Å²) in [7, 11) is -4.02. The molecule has 7 heteroatoms. The molecule has 0 heterocycles. The summed E-state index contributed by atoms with van der Waals surface area (Å²) in [5.41, 5.74) is 4.30. The number of benzene rings is 4. The molecule has 4 rings (SSSR count). The van der Waals surface area contributed by atoms with Gasteiger partial charge in [0.25, 0.3) is 15.9 Å². The molecular formula is C28H25ClN2O3S. The maximum absolute atomic E-state index is 13.3. The molecule has 0 saturated heterocycles. The smallest absolute Gasteiger partial charge is 0.263 e. The summed E-state index contributed by atoms with van der Waals surface area (Å²) < 4.78 is 28.8. The number of para-hydroxylation sites is 1. The molecule has 0 aliphatic rings. The molecule has 0 aliphatic carbocycles. The quantitative estimate of drug-likeness (QED) is 0.311. The second-order valence-corrected chi connectivity index (χ2v) is 10.3. The maximum atomic E-state index is 13.3. The Morgan fingerprint density at radius 2 is 1.43 bits per heavy atom. The van der Waals surface area contributed by atoms with Gasteiger partial charge in [0.15, 0.2) is 0 Å². The van der Waals surface area contributed by atoms with E-state index in [0.717, 1.165) is 22.3 Å². The Hall–Kier alpha value is -3.61. The molecule has 0 aliphatic heterocycles. The molecule has 4 aromatic rings. The van der Waals surface area contributed by atoms with E-state index in [1.54, 1.807) is 25.1 Å². The van der Waals surface area contributed by atoms with Crippen LogP contribution < -0.4 is 10.0 Å². The van der Waals surface area contributed by atoms with Crippen LogP contribution in [0.2, 0.25) is 5.02 Å². The van der Waals surface area contributed by atoms with Crippen LogP contribution in [0, 0.1) is 13.8 Å². The lowest BCUT2D eigenvalue weighted by Crippen LogP contribution is -2.30. The minimum absolute atomic E-state index is 0.0288. The molecule has 0 bridgehead atoms. The number of carbonyl (C=O) groups is 1. The Morgan fingerprint density at radius 1 is 0.800 bits per heavy atom. The normalized spacial score (nSPS) is 12.1. The number of nitrogens with one attached hydrogen (secondary N) is 2. The molecule has 4 aromatic carbocycles. The summed E-state index contributed by atoms with van der Waals surface area (Å²) in [4.78, 5) is 13.2. The van der Waals surface area contributed by atoms with Crippen LogP contribution in [-0.4, -0.2) is 14.3 Å². The lowest BCUT2D eigenvalue weighted by atomic mass is 9.94. The predicted octanol–water partition coefficient (Wildman–Crippen LogP) is 6.28. The fourth-order valence-electron chi connectivity index (χ4n) is 3.85. The van der Waals surface area contributed by atoms with E-state index < -0.39 is 22.0 Å². The molecule has 0 fully saturated rings. The maximum Gasteiger partial charge on any atom is 0.263 e. The number of hydrogen-bond donors (Lipinski definition) is 2. The van der Waals surface area contributed by atoms with Gasteiger partial charge >= 0.3 is 0 Å². The minimum Gasteiger partial charge on any atom is -0.341 e. The second kappa shape index (κ2) is 10.3. The van der Waals surface area contributed by atoms with Gasteiger partial charge in [-0.2, -0.15) is 0 Å². The predicted molar refractivity (Wildman–Crippen MR) is 140 cm³/mol. The molecule has 0 saturated carbocycles. The van der Waals surface area contributed by atoms with E-state index in [1.807, 2.05) is 67.6 Å². The first-order valence-electron chi connectivity index (χ1n) is 11.1. The Bertz CT molecular complexity index is 1470. The third-order valence-corrected chi connectivity index (χ3v) is 7.63. The second-order valence-electron chi connectivity index (χ2n) is 8.24. The fourth-order valence-corrected chi connectivity index (χ4v) is 5.51. The van der Waals surface area contributed by atoms with Crippen molar-refractivity contribution in [2.45, 2.75) is 24.8 Å². The van der Waals surface area contributed by atoms with Crippen LogP contribution >= 0.6 is 11.6 Å². The first kappa shape index (κ1) is 24.5. The van der Waals surface area contributed by atoms with Crippen LogP contribution in [0.15, 0.2) is 102 Å². The highest BCUT2D eigenvalue weighted by molar-refractivity contribution is 7.92. The Morgan fingerprint density at radius 3 is 2.11 bits per heavy atom. The highest BCUT2D eigenvalue weighted by Crippen LogP contribution is 2.28. The van der Waals surface area contributed by atoms with Gasteiger partial charge in [-0.25, -0.2) is 8.42 Å². The third kappa shape index (κ3) is 5.56. The summed E-state index contributed by atoms with van der Waals surface area (Å²) in [6.45, 7) is 3.79. The van der Waals surface area contributed by atoms with Crippen molar-refractivity contribution in [2.75, 3.05) is 4.72 Å². The lowest BCUT2D eigenvalue weighted by Gasteiger charge is -2.22. The van der Waals surface area contributed by atoms with E-state index in [9.17, 15) is 13.2 Å². The highest BCUT2D eigenvalue weighted by atomic mass is 35.5. The molecule has 0 spiro atoms. The highest BCUT2D eigenvalue weighted by Gasteiger charge is 2.23. The average molecular weight is 505 g/mol. The number of amides is 1. The van der Waals surface area contributed by atoms with Crippen molar-refractivity contribution in [3.05, 3.63) is 130 Å². The SMILES string of the molecule is Cc1ccccc1NS(=O)(=O)c1cc(C(=O)N[C@H](c2ccccc2)c2ccccc2C)ccc1Cl. The van der Waals surface area contributed by atoms with Gasteiger partial charge in [-0.3, -0.25) is 9.52 Å². The van der Waals surface area contributed by atoms with Crippen molar-refractivity contribution in [3.8, 4) is 0 Å². The van der Waals surface area contributed by atoms with Crippen LogP contribution in [0.3, 0.4) is 0 Å². The third-order valence-electron chi connectivity index (χ3n) is 5.78. The van der Waals surface area contributed by atoms with Crippen LogP contribution in [0.5, 0.6) is 0 Å². The minimum atomic E-state index is -4.02. The molecule has 0 unspecified atom stereocenters. The van der Waals surface area contributed by atoms with Crippen LogP contribution in [-0.2, 0) is 10.0 Å². The molecule has 35 heavy (non-hydrogen) atoms. The number of anilines is 1. The van der Waals surface area contributed by atoms with Gasteiger partial charge in [0, 0.05) is 5.56 Å². The molecular weight excluding hydrogens is 480 g/mol. The van der Waals surface area contributed by atoms with Crippen molar-refractivity contribution in [1.29, 1.82) is 0 Å². The number of hydrogen-bond acceptors (Lipinski definition) is 3. The van der Waals surface area contributed by atoms with Crippen molar-refractivity contribution in [3.63, 3.8) is 0 Å². The molecule has 0 radical (unpaired) electrons. The number of rotatable bonds is 7. The zero-order valence-electron chi connectivity index (χ0n) is 19.3. The number of aryl methyl sites for hydroxylation is 2. The van der Waals surface area contributed by atoms with Crippen molar-refractivity contribution >= 4 is 33.2 Å². The van der Waals surface area contributed by atoms with E-state index >= 15 is 0 Å². The van der Waals surface area contributed by atoms with Gasteiger partial charge in [0.05, 0.1) is 16.8 Å². The molecule has 178 valence electrons. The van der Waals surface area contributed by atoms with Crippen molar-refractivity contribution in [2.24, 2.45) is 0 Å². The molecule has 1 atom stereocenters. The van der Waals surface area contributed by atoms with Gasteiger partial charge in [-0.15, -0.1) is 0 Å².